The quantitative estimate of drug-likeness (QED) is 0.675. The molecular formula is C9H19NO2. The van der Waals surface area contributed by atoms with Gasteiger partial charge in [-0.15, -0.1) is 0 Å². The van der Waals surface area contributed by atoms with E-state index in [-0.39, 0.29) is 17.8 Å². The first-order chi connectivity index (χ1) is 5.62. The van der Waals surface area contributed by atoms with Crippen LogP contribution >= 0.6 is 0 Å². The zero-order valence-electron chi connectivity index (χ0n) is 8.17. The van der Waals surface area contributed by atoms with Crippen LogP contribution in [0.25, 0.3) is 0 Å². The third kappa shape index (κ3) is 1.97. The van der Waals surface area contributed by atoms with Crippen molar-refractivity contribution in [2.24, 2.45) is 5.73 Å². The summed E-state index contributed by atoms with van der Waals surface area (Å²) in [7, 11) is 1.73. The van der Waals surface area contributed by atoms with Crippen molar-refractivity contribution in [2.75, 3.05) is 13.7 Å². The van der Waals surface area contributed by atoms with Crippen LogP contribution in [0.15, 0.2) is 0 Å². The second kappa shape index (κ2) is 3.73. The van der Waals surface area contributed by atoms with Gasteiger partial charge in [0.2, 0.25) is 0 Å². The van der Waals surface area contributed by atoms with E-state index in [0.29, 0.717) is 6.54 Å². The van der Waals surface area contributed by atoms with Crippen LogP contribution in [0.5, 0.6) is 0 Å². The van der Waals surface area contributed by atoms with Crippen LogP contribution in [0.4, 0.5) is 0 Å². The Kier molecular flexibility index (Phi) is 3.09. The average molecular weight is 173 g/mol. The maximum absolute atomic E-state index is 5.69. The average Bonchev–Trinajstić information content (AvgIpc) is 2.02. The Balaban J connectivity index is 2.62. The van der Waals surface area contributed by atoms with Crippen molar-refractivity contribution >= 4 is 0 Å². The maximum atomic E-state index is 5.69. The largest absolute Gasteiger partial charge is 0.377 e. The summed E-state index contributed by atoms with van der Waals surface area (Å²) < 4.78 is 11.1. The monoisotopic (exact) mass is 173 g/mol. The summed E-state index contributed by atoms with van der Waals surface area (Å²) >= 11 is 0. The Bertz CT molecular complexity index is 133. The minimum absolute atomic E-state index is 0.142. The highest BCUT2D eigenvalue weighted by molar-refractivity contribution is 4.89. The van der Waals surface area contributed by atoms with Crippen molar-refractivity contribution in [3.8, 4) is 0 Å². The third-order valence-electron chi connectivity index (χ3n) is 2.59. The fraction of sp³-hybridized carbons (Fsp3) is 1.00. The Morgan fingerprint density at radius 1 is 1.42 bits per heavy atom. The van der Waals surface area contributed by atoms with E-state index in [9.17, 15) is 0 Å². The molecule has 3 heteroatoms. The molecule has 0 radical (unpaired) electrons. The number of nitrogens with two attached hydrogens (primary N) is 1. The molecule has 0 spiro atoms. The van der Waals surface area contributed by atoms with Gasteiger partial charge in [0.1, 0.15) is 0 Å². The van der Waals surface area contributed by atoms with E-state index in [1.165, 1.54) is 0 Å². The predicted molar refractivity (Wildman–Crippen MR) is 48.0 cm³/mol. The van der Waals surface area contributed by atoms with Crippen LogP contribution in [0, 0.1) is 0 Å². The van der Waals surface area contributed by atoms with Crippen molar-refractivity contribution < 1.29 is 9.47 Å². The lowest BCUT2D eigenvalue weighted by atomic mass is 9.87. The Hall–Kier alpha value is -0.120. The number of ether oxygens (including phenoxy) is 2. The molecule has 1 saturated heterocycles. The Morgan fingerprint density at radius 3 is 2.25 bits per heavy atom. The summed E-state index contributed by atoms with van der Waals surface area (Å²) in [5.41, 5.74) is 5.55. The summed E-state index contributed by atoms with van der Waals surface area (Å²) in [6.45, 7) is 4.72. The van der Waals surface area contributed by atoms with Crippen molar-refractivity contribution in [1.82, 2.24) is 0 Å². The minimum Gasteiger partial charge on any atom is -0.377 e. The van der Waals surface area contributed by atoms with Crippen molar-refractivity contribution in [3.05, 3.63) is 0 Å². The number of hydrogen-bond donors (Lipinski definition) is 1. The molecule has 0 aromatic heterocycles. The minimum atomic E-state index is -0.142. The molecule has 3 atom stereocenters. The molecule has 1 heterocycles. The maximum Gasteiger partial charge on any atom is 0.0849 e. The van der Waals surface area contributed by atoms with Crippen LogP contribution < -0.4 is 5.73 Å². The highest BCUT2D eigenvalue weighted by Crippen LogP contribution is 2.30. The van der Waals surface area contributed by atoms with E-state index in [4.69, 9.17) is 15.2 Å². The van der Waals surface area contributed by atoms with Gasteiger partial charge in [0.15, 0.2) is 0 Å². The fourth-order valence-electron chi connectivity index (χ4n) is 2.04. The molecule has 72 valence electrons. The summed E-state index contributed by atoms with van der Waals surface area (Å²) in [6.07, 6.45) is 2.34. The Morgan fingerprint density at radius 2 is 1.92 bits per heavy atom. The summed E-state index contributed by atoms with van der Waals surface area (Å²) in [5, 5.41) is 0. The van der Waals surface area contributed by atoms with Crippen LogP contribution in [-0.2, 0) is 9.47 Å². The van der Waals surface area contributed by atoms with Gasteiger partial charge in [-0.25, -0.2) is 0 Å². The molecule has 1 fully saturated rings. The van der Waals surface area contributed by atoms with Crippen LogP contribution in [0.1, 0.15) is 26.7 Å². The van der Waals surface area contributed by atoms with Crippen molar-refractivity contribution in [1.29, 1.82) is 0 Å². The normalized spacial score (nSPS) is 43.0. The summed E-state index contributed by atoms with van der Waals surface area (Å²) in [5.74, 6) is 0. The van der Waals surface area contributed by atoms with E-state index in [1.807, 2.05) is 0 Å². The van der Waals surface area contributed by atoms with Gasteiger partial charge >= 0.3 is 0 Å². The van der Waals surface area contributed by atoms with Gasteiger partial charge in [-0.05, 0) is 13.8 Å². The number of hydrogen-bond acceptors (Lipinski definition) is 3. The van der Waals surface area contributed by atoms with Crippen LogP contribution in [0.3, 0.4) is 0 Å². The molecule has 0 aromatic carbocycles. The van der Waals surface area contributed by atoms with Gasteiger partial charge in [0.05, 0.1) is 17.8 Å². The van der Waals surface area contributed by atoms with Crippen LogP contribution in [-0.4, -0.2) is 31.5 Å². The molecule has 3 nitrogen and oxygen atoms in total. The first-order valence-electron chi connectivity index (χ1n) is 4.52. The summed E-state index contributed by atoms with van der Waals surface area (Å²) in [6, 6.07) is 0. The molecule has 1 unspecified atom stereocenters. The highest BCUT2D eigenvalue weighted by Gasteiger charge is 2.37. The van der Waals surface area contributed by atoms with Gasteiger partial charge in [-0.3, -0.25) is 0 Å². The van der Waals surface area contributed by atoms with Crippen molar-refractivity contribution in [3.63, 3.8) is 0 Å². The van der Waals surface area contributed by atoms with Gasteiger partial charge in [-0.2, -0.15) is 0 Å². The first-order valence-corrected chi connectivity index (χ1v) is 4.52. The molecule has 0 saturated carbocycles. The summed E-state index contributed by atoms with van der Waals surface area (Å²) in [4.78, 5) is 0. The highest BCUT2D eigenvalue weighted by atomic mass is 16.5. The van der Waals surface area contributed by atoms with Gasteiger partial charge in [0.25, 0.3) is 0 Å². The molecule has 1 aliphatic rings. The molecule has 2 N–H and O–H groups in total. The lowest BCUT2D eigenvalue weighted by Crippen LogP contribution is -2.49. The van der Waals surface area contributed by atoms with E-state index >= 15 is 0 Å². The zero-order valence-corrected chi connectivity index (χ0v) is 8.17. The van der Waals surface area contributed by atoms with Crippen molar-refractivity contribution in [2.45, 2.75) is 44.5 Å². The number of methoxy groups -OCH3 is 1. The van der Waals surface area contributed by atoms with Gasteiger partial charge in [-0.1, -0.05) is 0 Å². The zero-order chi connectivity index (χ0) is 9.19. The lowest BCUT2D eigenvalue weighted by Gasteiger charge is -2.41. The molecule has 0 amide bonds. The smallest absolute Gasteiger partial charge is 0.0849 e. The molecule has 0 bridgehead atoms. The standard InChI is InChI=1S/C9H19NO2/c1-7-4-9(6-10,11-3)5-8(2)12-7/h7-8H,4-6,10H2,1-3H3/t7-,8+,9?. The molecule has 1 rings (SSSR count). The first kappa shape index (κ1) is 9.96. The van der Waals surface area contributed by atoms with E-state index in [1.54, 1.807) is 7.11 Å². The lowest BCUT2D eigenvalue weighted by molar-refractivity contribution is -0.142. The number of rotatable bonds is 2. The topological polar surface area (TPSA) is 44.5 Å². The van der Waals surface area contributed by atoms with Gasteiger partial charge < -0.3 is 15.2 Å². The third-order valence-corrected chi connectivity index (χ3v) is 2.59. The molecule has 12 heavy (non-hydrogen) atoms. The predicted octanol–water partition coefficient (Wildman–Crippen LogP) is 0.918. The second-order valence-electron chi connectivity index (χ2n) is 3.76. The molecule has 0 aromatic rings. The van der Waals surface area contributed by atoms with E-state index in [0.717, 1.165) is 12.8 Å². The van der Waals surface area contributed by atoms with Crippen LogP contribution in [0.2, 0.25) is 0 Å². The fourth-order valence-corrected chi connectivity index (χ4v) is 2.04. The molecule has 0 aliphatic carbocycles. The van der Waals surface area contributed by atoms with E-state index in [2.05, 4.69) is 13.8 Å². The van der Waals surface area contributed by atoms with E-state index < -0.39 is 0 Å². The Labute approximate surface area is 74.2 Å². The molecular weight excluding hydrogens is 154 g/mol. The second-order valence-corrected chi connectivity index (χ2v) is 3.76. The molecule has 1 aliphatic heterocycles. The SMILES string of the molecule is COC1(CN)C[C@@H](C)O[C@@H](C)C1. The van der Waals surface area contributed by atoms with Gasteiger partial charge in [0, 0.05) is 26.5 Å².